The van der Waals surface area contributed by atoms with Gasteiger partial charge in [-0.15, -0.1) is 0 Å². The van der Waals surface area contributed by atoms with Gasteiger partial charge in [-0.1, -0.05) is 12.8 Å². The van der Waals surface area contributed by atoms with Crippen molar-refractivity contribution < 1.29 is 5.11 Å². The first-order chi connectivity index (χ1) is 7.08. The Morgan fingerprint density at radius 2 is 1.93 bits per heavy atom. The molecule has 2 heteroatoms. The third-order valence-electron chi connectivity index (χ3n) is 4.56. The van der Waals surface area contributed by atoms with Gasteiger partial charge in [0.15, 0.2) is 0 Å². The lowest BCUT2D eigenvalue weighted by molar-refractivity contribution is -0.00130. The molecule has 1 atom stereocenters. The molecule has 0 aromatic carbocycles. The van der Waals surface area contributed by atoms with Crippen LogP contribution in [0.4, 0.5) is 0 Å². The van der Waals surface area contributed by atoms with Gasteiger partial charge in [0, 0.05) is 12.1 Å². The first-order valence-corrected chi connectivity index (χ1v) is 6.44. The number of aliphatic hydroxyl groups is 1. The zero-order valence-electron chi connectivity index (χ0n) is 10.2. The summed E-state index contributed by atoms with van der Waals surface area (Å²) < 4.78 is 0. The molecule has 0 amide bonds. The Hall–Kier alpha value is -0.0800. The number of rotatable bonds is 2. The minimum Gasteiger partial charge on any atom is -0.396 e. The molecule has 1 unspecified atom stereocenters. The van der Waals surface area contributed by atoms with Crippen molar-refractivity contribution in [2.75, 3.05) is 13.2 Å². The van der Waals surface area contributed by atoms with Crippen molar-refractivity contribution in [3.05, 3.63) is 0 Å². The zero-order chi connectivity index (χ0) is 10.9. The molecule has 1 aliphatic carbocycles. The van der Waals surface area contributed by atoms with Crippen LogP contribution in [0.5, 0.6) is 0 Å². The quantitative estimate of drug-likeness (QED) is 0.734. The number of hydrogen-bond acceptors (Lipinski definition) is 2. The fraction of sp³-hybridized carbons (Fsp3) is 1.00. The molecule has 1 heterocycles. The van der Waals surface area contributed by atoms with Crippen LogP contribution in [0.2, 0.25) is 0 Å². The van der Waals surface area contributed by atoms with Crippen LogP contribution in [-0.2, 0) is 0 Å². The summed E-state index contributed by atoms with van der Waals surface area (Å²) in [5.41, 5.74) is 0.439. The molecule has 0 bridgehead atoms. The van der Waals surface area contributed by atoms with Crippen molar-refractivity contribution in [2.45, 2.75) is 57.9 Å². The minimum absolute atomic E-state index is 0.212. The fourth-order valence-electron chi connectivity index (χ4n) is 3.83. The van der Waals surface area contributed by atoms with Gasteiger partial charge in [0.2, 0.25) is 0 Å². The topological polar surface area (TPSA) is 32.3 Å². The first kappa shape index (κ1) is 11.4. The first-order valence-electron chi connectivity index (χ1n) is 6.44. The molecule has 0 radical (unpaired) electrons. The van der Waals surface area contributed by atoms with Crippen LogP contribution in [0.15, 0.2) is 0 Å². The van der Waals surface area contributed by atoms with Gasteiger partial charge in [-0.2, -0.15) is 0 Å². The lowest BCUT2D eigenvalue weighted by atomic mass is 9.64. The van der Waals surface area contributed by atoms with Crippen molar-refractivity contribution in [3.63, 3.8) is 0 Å². The molecule has 2 aliphatic rings. The molecule has 88 valence electrons. The van der Waals surface area contributed by atoms with Crippen molar-refractivity contribution in [3.8, 4) is 0 Å². The average Bonchev–Trinajstić information content (AvgIpc) is 2.69. The number of piperidine rings is 1. The molecule has 2 nitrogen and oxygen atoms in total. The molecule has 2 N–H and O–H groups in total. The molecule has 1 aliphatic heterocycles. The summed E-state index contributed by atoms with van der Waals surface area (Å²) in [6.07, 6.45) is 7.74. The predicted octanol–water partition coefficient (Wildman–Crippen LogP) is 2.32. The largest absolute Gasteiger partial charge is 0.396 e. The van der Waals surface area contributed by atoms with E-state index >= 15 is 0 Å². The van der Waals surface area contributed by atoms with Crippen LogP contribution in [-0.4, -0.2) is 23.8 Å². The van der Waals surface area contributed by atoms with E-state index in [1.165, 1.54) is 25.7 Å². The van der Waals surface area contributed by atoms with E-state index in [0.717, 1.165) is 25.3 Å². The third kappa shape index (κ3) is 2.21. The number of nitrogens with one attached hydrogen (secondary N) is 1. The maximum atomic E-state index is 9.81. The summed E-state index contributed by atoms with van der Waals surface area (Å²) >= 11 is 0. The van der Waals surface area contributed by atoms with Crippen LogP contribution >= 0.6 is 0 Å². The van der Waals surface area contributed by atoms with Crippen LogP contribution < -0.4 is 5.32 Å². The molecule has 0 spiro atoms. The smallest absolute Gasteiger partial charge is 0.0491 e. The second kappa shape index (κ2) is 4.06. The third-order valence-corrected chi connectivity index (χ3v) is 4.56. The van der Waals surface area contributed by atoms with Crippen LogP contribution in [0.1, 0.15) is 52.4 Å². The molecule has 2 rings (SSSR count). The Morgan fingerprint density at radius 1 is 1.27 bits per heavy atom. The summed E-state index contributed by atoms with van der Waals surface area (Å²) in [4.78, 5) is 0. The van der Waals surface area contributed by atoms with Gasteiger partial charge >= 0.3 is 0 Å². The van der Waals surface area contributed by atoms with Crippen LogP contribution in [0, 0.1) is 11.3 Å². The molecule has 15 heavy (non-hydrogen) atoms. The van der Waals surface area contributed by atoms with Crippen LogP contribution in [0.3, 0.4) is 0 Å². The monoisotopic (exact) mass is 211 g/mol. The highest BCUT2D eigenvalue weighted by molar-refractivity contribution is 4.99. The molecule has 1 saturated carbocycles. The van der Waals surface area contributed by atoms with Gasteiger partial charge in [-0.3, -0.25) is 0 Å². The van der Waals surface area contributed by atoms with E-state index in [2.05, 4.69) is 19.2 Å². The van der Waals surface area contributed by atoms with E-state index in [1.807, 2.05) is 0 Å². The van der Waals surface area contributed by atoms with Crippen molar-refractivity contribution in [1.29, 1.82) is 0 Å². The summed E-state index contributed by atoms with van der Waals surface area (Å²) in [7, 11) is 0. The van der Waals surface area contributed by atoms with E-state index in [9.17, 15) is 5.11 Å². The highest BCUT2D eigenvalue weighted by Crippen LogP contribution is 2.48. The summed E-state index contributed by atoms with van der Waals surface area (Å²) in [5, 5.41) is 13.4. The van der Waals surface area contributed by atoms with Crippen LogP contribution in [0.25, 0.3) is 0 Å². The SMILES string of the molecule is CC1(C)CC(CO)(C2CCCC2)CCN1. The lowest BCUT2D eigenvalue weighted by Gasteiger charge is -2.48. The van der Waals surface area contributed by atoms with Gasteiger partial charge < -0.3 is 10.4 Å². The summed E-state index contributed by atoms with van der Waals surface area (Å²) in [5.74, 6) is 0.781. The molecular weight excluding hydrogens is 186 g/mol. The highest BCUT2D eigenvalue weighted by Gasteiger charge is 2.45. The maximum Gasteiger partial charge on any atom is 0.0491 e. The molecular formula is C13H25NO. The number of hydrogen-bond donors (Lipinski definition) is 2. The average molecular weight is 211 g/mol. The van der Waals surface area contributed by atoms with Crippen molar-refractivity contribution >= 4 is 0 Å². The van der Waals surface area contributed by atoms with Gasteiger partial charge in [0.05, 0.1) is 0 Å². The number of aliphatic hydroxyl groups excluding tert-OH is 1. The molecule has 2 fully saturated rings. The Balaban J connectivity index is 2.12. The Bertz CT molecular complexity index is 221. The minimum atomic E-state index is 0.212. The van der Waals surface area contributed by atoms with E-state index in [0.29, 0.717) is 6.61 Å². The molecule has 0 aromatic heterocycles. The van der Waals surface area contributed by atoms with Crippen molar-refractivity contribution in [1.82, 2.24) is 5.32 Å². The Morgan fingerprint density at radius 3 is 2.47 bits per heavy atom. The Labute approximate surface area is 93.5 Å². The maximum absolute atomic E-state index is 9.81. The molecule has 1 saturated heterocycles. The summed E-state index contributed by atoms with van der Waals surface area (Å²) in [6.45, 7) is 6.00. The highest BCUT2D eigenvalue weighted by atomic mass is 16.3. The van der Waals surface area contributed by atoms with Crippen molar-refractivity contribution in [2.24, 2.45) is 11.3 Å². The second-order valence-electron chi connectivity index (χ2n) is 6.24. The molecule has 0 aromatic rings. The predicted molar refractivity (Wildman–Crippen MR) is 62.8 cm³/mol. The van der Waals surface area contributed by atoms with Gasteiger partial charge in [0.25, 0.3) is 0 Å². The van der Waals surface area contributed by atoms with Gasteiger partial charge in [0.1, 0.15) is 0 Å². The zero-order valence-corrected chi connectivity index (χ0v) is 10.2. The van der Waals surface area contributed by atoms with E-state index in [-0.39, 0.29) is 11.0 Å². The Kier molecular flexibility index (Phi) is 3.09. The lowest BCUT2D eigenvalue weighted by Crippen LogP contribution is -2.54. The van der Waals surface area contributed by atoms with Gasteiger partial charge in [-0.25, -0.2) is 0 Å². The van der Waals surface area contributed by atoms with E-state index in [4.69, 9.17) is 0 Å². The fourth-order valence-corrected chi connectivity index (χ4v) is 3.83. The van der Waals surface area contributed by atoms with E-state index < -0.39 is 0 Å². The standard InChI is InChI=1S/C13H25NO/c1-12(2)9-13(10-15,7-8-14-12)11-5-3-4-6-11/h11,14-15H,3-10H2,1-2H3. The van der Waals surface area contributed by atoms with E-state index in [1.54, 1.807) is 0 Å². The summed E-state index contributed by atoms with van der Waals surface area (Å²) in [6, 6.07) is 0. The normalized spacial score (nSPS) is 37.0. The van der Waals surface area contributed by atoms with Gasteiger partial charge in [-0.05, 0) is 57.4 Å². The second-order valence-corrected chi connectivity index (χ2v) is 6.24.